The third-order valence-electron chi connectivity index (χ3n) is 10.2. The van der Waals surface area contributed by atoms with Crippen molar-refractivity contribution in [2.45, 2.75) is 82.2 Å². The lowest BCUT2D eigenvalue weighted by molar-refractivity contribution is -0.0874. The van der Waals surface area contributed by atoms with Crippen LogP contribution in [0.4, 0.5) is 15.9 Å². The molecule has 1 unspecified atom stereocenters. The molecule has 5 aliphatic rings. The van der Waals surface area contributed by atoms with Crippen molar-refractivity contribution in [1.29, 1.82) is 10.5 Å². The second-order valence-corrected chi connectivity index (χ2v) is 13.2. The summed E-state index contributed by atoms with van der Waals surface area (Å²) >= 11 is 0. The Morgan fingerprint density at radius 2 is 2.07 bits per heavy atom. The predicted molar refractivity (Wildman–Crippen MR) is 150 cm³/mol. The molecule has 0 bridgehead atoms. The molecule has 3 fully saturated rings. The SMILES string of the molecule is C[C@H]1CC[C@]2(Cc3nc(OCC45CCCN4C[C@H](F)C5)nc(N4CC(C)(C#N)C4)c3CO2)c2c1ccc(N)c2C#N. The van der Waals surface area contributed by atoms with Gasteiger partial charge in [-0.2, -0.15) is 20.5 Å². The molecule has 1 aliphatic carbocycles. The van der Waals surface area contributed by atoms with Crippen molar-refractivity contribution in [3.8, 4) is 18.1 Å². The quantitative estimate of drug-likeness (QED) is 0.553. The van der Waals surface area contributed by atoms with E-state index in [1.807, 2.05) is 19.1 Å². The van der Waals surface area contributed by atoms with Crippen molar-refractivity contribution in [1.82, 2.24) is 14.9 Å². The molecule has 4 atom stereocenters. The van der Waals surface area contributed by atoms with Gasteiger partial charge in [0.2, 0.25) is 0 Å². The second kappa shape index (κ2) is 9.27. The molecule has 1 aromatic carbocycles. The number of alkyl halides is 1. The van der Waals surface area contributed by atoms with Gasteiger partial charge in [0.1, 0.15) is 30.3 Å². The third kappa shape index (κ3) is 4.06. The molecule has 4 aliphatic heterocycles. The summed E-state index contributed by atoms with van der Waals surface area (Å²) in [6, 6.07) is 8.90. The van der Waals surface area contributed by atoms with E-state index in [1.165, 1.54) is 0 Å². The van der Waals surface area contributed by atoms with Crippen LogP contribution in [-0.2, 0) is 23.4 Å². The van der Waals surface area contributed by atoms with Crippen LogP contribution in [0.15, 0.2) is 12.1 Å². The molecule has 1 spiro atoms. The number of anilines is 2. The molecule has 10 heteroatoms. The van der Waals surface area contributed by atoms with Gasteiger partial charge in [0.05, 0.1) is 34.9 Å². The van der Waals surface area contributed by atoms with E-state index in [0.717, 1.165) is 60.4 Å². The first-order chi connectivity index (χ1) is 19.7. The molecule has 214 valence electrons. The first-order valence-electron chi connectivity index (χ1n) is 14.7. The number of nitrogen functional groups attached to an aromatic ring is 1. The summed E-state index contributed by atoms with van der Waals surface area (Å²) in [4.78, 5) is 14.1. The van der Waals surface area contributed by atoms with Crippen LogP contribution in [0, 0.1) is 28.1 Å². The predicted octanol–water partition coefficient (Wildman–Crippen LogP) is 4.10. The normalized spacial score (nSPS) is 31.5. The number of hydrogen-bond donors (Lipinski definition) is 1. The van der Waals surface area contributed by atoms with Crippen molar-refractivity contribution in [2.75, 3.05) is 43.4 Å². The zero-order valence-corrected chi connectivity index (χ0v) is 23.7. The standard InChI is InChI=1S/C31H36FN7O2/c1-19-6-8-31(26-21(19)4-5-24(35)22(26)12-33)11-25-23(14-41-31)27(38-16-29(2,15-34)17-38)37-28(36-25)40-18-30-7-3-9-39(30)13-20(32)10-30/h4-5,19-20H,3,6-11,13-14,16-18,35H2,1-2H3/t19-,20+,30?,31-/m0/s1. The first kappa shape index (κ1) is 26.4. The van der Waals surface area contributed by atoms with Gasteiger partial charge in [-0.15, -0.1) is 0 Å². The fraction of sp³-hybridized carbons (Fsp3) is 0.613. The minimum absolute atomic E-state index is 0.280. The number of rotatable bonds is 4. The molecule has 0 radical (unpaired) electrons. The molecule has 9 nitrogen and oxygen atoms in total. The Morgan fingerprint density at radius 1 is 1.24 bits per heavy atom. The molecular weight excluding hydrogens is 521 g/mol. The lowest BCUT2D eigenvalue weighted by atomic mass is 9.69. The van der Waals surface area contributed by atoms with E-state index >= 15 is 0 Å². The number of ether oxygens (including phenoxy) is 2. The van der Waals surface area contributed by atoms with Gasteiger partial charge in [0.15, 0.2) is 0 Å². The summed E-state index contributed by atoms with van der Waals surface area (Å²) < 4.78 is 27.5. The van der Waals surface area contributed by atoms with Crippen molar-refractivity contribution < 1.29 is 13.9 Å². The monoisotopic (exact) mass is 557 g/mol. The van der Waals surface area contributed by atoms with Crippen molar-refractivity contribution in [3.05, 3.63) is 40.1 Å². The molecule has 5 heterocycles. The van der Waals surface area contributed by atoms with Crippen LogP contribution in [0.2, 0.25) is 0 Å². The van der Waals surface area contributed by atoms with Gasteiger partial charge in [-0.05, 0) is 56.7 Å². The molecule has 3 saturated heterocycles. The minimum Gasteiger partial charge on any atom is -0.461 e. The van der Waals surface area contributed by atoms with Crippen LogP contribution in [0.3, 0.4) is 0 Å². The minimum atomic E-state index is -0.837. The Labute approximate surface area is 240 Å². The topological polar surface area (TPSA) is 124 Å². The number of fused-ring (bicyclic) bond motifs is 4. The molecule has 2 aromatic rings. The maximum atomic E-state index is 14.4. The summed E-state index contributed by atoms with van der Waals surface area (Å²) in [5, 5.41) is 19.8. The maximum absolute atomic E-state index is 14.4. The molecule has 0 saturated carbocycles. The van der Waals surface area contributed by atoms with Crippen LogP contribution >= 0.6 is 0 Å². The van der Waals surface area contributed by atoms with Crippen LogP contribution in [0.5, 0.6) is 6.01 Å². The van der Waals surface area contributed by atoms with Crippen molar-refractivity contribution in [3.63, 3.8) is 0 Å². The Bertz CT molecular complexity index is 1490. The highest BCUT2D eigenvalue weighted by atomic mass is 19.1. The van der Waals surface area contributed by atoms with Gasteiger partial charge in [-0.25, -0.2) is 4.39 Å². The van der Waals surface area contributed by atoms with E-state index in [0.29, 0.717) is 56.9 Å². The fourth-order valence-electron chi connectivity index (χ4n) is 8.02. The molecule has 2 N–H and O–H groups in total. The molecule has 41 heavy (non-hydrogen) atoms. The fourth-order valence-corrected chi connectivity index (χ4v) is 8.02. The highest BCUT2D eigenvalue weighted by Gasteiger charge is 2.50. The average molecular weight is 558 g/mol. The van der Waals surface area contributed by atoms with Crippen LogP contribution in [-0.4, -0.2) is 59.4 Å². The smallest absolute Gasteiger partial charge is 0.318 e. The van der Waals surface area contributed by atoms with Gasteiger partial charge in [0, 0.05) is 49.3 Å². The zero-order valence-electron chi connectivity index (χ0n) is 23.7. The lowest BCUT2D eigenvalue weighted by Gasteiger charge is -2.47. The number of hydrogen-bond acceptors (Lipinski definition) is 9. The largest absolute Gasteiger partial charge is 0.461 e. The Balaban J connectivity index is 1.27. The lowest BCUT2D eigenvalue weighted by Crippen LogP contribution is -2.55. The Kier molecular flexibility index (Phi) is 5.98. The van der Waals surface area contributed by atoms with Gasteiger partial charge in [0.25, 0.3) is 0 Å². The van der Waals surface area contributed by atoms with Crippen LogP contribution in [0.1, 0.15) is 79.8 Å². The summed E-state index contributed by atoms with van der Waals surface area (Å²) in [5.41, 5.74) is 9.50. The van der Waals surface area contributed by atoms with E-state index in [9.17, 15) is 14.9 Å². The average Bonchev–Trinajstić information content (AvgIpc) is 3.47. The number of nitrogens with zero attached hydrogens (tertiary/aromatic N) is 6. The molecule has 7 rings (SSSR count). The summed E-state index contributed by atoms with van der Waals surface area (Å²) in [6.07, 6.45) is 3.72. The van der Waals surface area contributed by atoms with Gasteiger partial charge < -0.3 is 20.1 Å². The molecule has 0 amide bonds. The Hall–Kier alpha value is -3.47. The molecular formula is C31H36FN7O2. The number of halogens is 1. The van der Waals surface area contributed by atoms with Crippen molar-refractivity contribution >= 4 is 11.5 Å². The third-order valence-corrected chi connectivity index (χ3v) is 10.2. The van der Waals surface area contributed by atoms with E-state index in [-0.39, 0.29) is 17.5 Å². The van der Waals surface area contributed by atoms with Gasteiger partial charge >= 0.3 is 6.01 Å². The molecule has 1 aromatic heterocycles. The van der Waals surface area contributed by atoms with E-state index in [4.69, 9.17) is 25.2 Å². The van der Waals surface area contributed by atoms with Gasteiger partial charge in [-0.1, -0.05) is 13.0 Å². The number of nitriles is 2. The van der Waals surface area contributed by atoms with Crippen molar-refractivity contribution in [2.24, 2.45) is 5.41 Å². The number of benzene rings is 1. The highest BCUT2D eigenvalue weighted by molar-refractivity contribution is 5.64. The number of nitrogens with two attached hydrogens (primary N) is 1. The highest BCUT2D eigenvalue weighted by Crippen LogP contribution is 2.51. The number of aromatic nitrogens is 2. The van der Waals surface area contributed by atoms with E-state index < -0.39 is 17.2 Å². The zero-order chi connectivity index (χ0) is 28.6. The first-order valence-corrected chi connectivity index (χ1v) is 14.7. The van der Waals surface area contributed by atoms with Gasteiger partial charge in [-0.3, -0.25) is 4.90 Å². The Morgan fingerprint density at radius 3 is 2.85 bits per heavy atom. The van der Waals surface area contributed by atoms with E-state index in [1.54, 1.807) is 0 Å². The summed E-state index contributed by atoms with van der Waals surface area (Å²) in [6.45, 7) is 7.25. The second-order valence-electron chi connectivity index (χ2n) is 13.2. The van der Waals surface area contributed by atoms with E-state index in [2.05, 4.69) is 28.9 Å². The van der Waals surface area contributed by atoms with Crippen LogP contribution < -0.4 is 15.4 Å². The summed E-state index contributed by atoms with van der Waals surface area (Å²) in [7, 11) is 0. The summed E-state index contributed by atoms with van der Waals surface area (Å²) in [5.74, 6) is 1.03. The van der Waals surface area contributed by atoms with Crippen LogP contribution in [0.25, 0.3) is 0 Å². The maximum Gasteiger partial charge on any atom is 0.318 e.